The van der Waals surface area contributed by atoms with Gasteiger partial charge in [0.05, 0.1) is 23.1 Å². The highest BCUT2D eigenvalue weighted by Gasteiger charge is 2.53. The van der Waals surface area contributed by atoms with Crippen molar-refractivity contribution in [2.75, 3.05) is 57.4 Å². The summed E-state index contributed by atoms with van der Waals surface area (Å²) in [7, 11) is 0. The fourth-order valence-corrected chi connectivity index (χ4v) is 6.61. The number of carbonyl (C=O) groups excluding carboxylic acids is 1. The normalized spacial score (nSPS) is 25.8. The number of carbonyl (C=O) groups is 1. The van der Waals surface area contributed by atoms with Gasteiger partial charge >= 0.3 is 6.18 Å². The zero-order valence-corrected chi connectivity index (χ0v) is 20.0. The first-order valence-electron chi connectivity index (χ1n) is 12.8. The molecule has 35 heavy (non-hydrogen) atoms. The molecule has 0 N–H and O–H groups in total. The molecule has 190 valence electrons. The number of alkyl halides is 3. The lowest BCUT2D eigenvalue weighted by atomic mass is 9.70. The Balaban J connectivity index is 1.35. The van der Waals surface area contributed by atoms with Gasteiger partial charge in [-0.3, -0.25) is 9.69 Å². The highest BCUT2D eigenvalue weighted by atomic mass is 19.4. The standard InChI is InChI=1S/C26H33F3N4O2/c27-26(28,29)22-15-21(4-3-19(22)16-30)31-11-7-25(8-12-31)18-33(20-5-13-35-14-6-20)17-23(25)24(34)32-9-1-2-10-32/h3-4,15,20,23H,1-2,5-14,17-18H2. The van der Waals surface area contributed by atoms with Gasteiger partial charge in [-0.15, -0.1) is 0 Å². The highest BCUT2D eigenvalue weighted by molar-refractivity contribution is 5.81. The molecule has 4 heterocycles. The Morgan fingerprint density at radius 2 is 1.77 bits per heavy atom. The molecule has 6 nitrogen and oxygen atoms in total. The third kappa shape index (κ3) is 4.75. The fourth-order valence-electron chi connectivity index (χ4n) is 6.61. The van der Waals surface area contributed by atoms with Crippen LogP contribution in [0.4, 0.5) is 18.9 Å². The molecule has 4 saturated heterocycles. The second-order valence-electron chi connectivity index (χ2n) is 10.5. The number of anilines is 1. The topological polar surface area (TPSA) is 59.8 Å². The first-order chi connectivity index (χ1) is 16.8. The van der Waals surface area contributed by atoms with Crippen molar-refractivity contribution in [1.29, 1.82) is 5.26 Å². The number of halogens is 3. The monoisotopic (exact) mass is 490 g/mol. The average molecular weight is 491 g/mol. The van der Waals surface area contributed by atoms with Crippen LogP contribution in [0.5, 0.6) is 0 Å². The maximum absolute atomic E-state index is 13.6. The molecule has 1 amide bonds. The number of nitriles is 1. The van der Waals surface area contributed by atoms with Crippen molar-refractivity contribution < 1.29 is 22.7 Å². The minimum atomic E-state index is -4.57. The summed E-state index contributed by atoms with van der Waals surface area (Å²) in [4.78, 5) is 20.1. The van der Waals surface area contributed by atoms with Crippen LogP contribution in [0.15, 0.2) is 18.2 Å². The van der Waals surface area contributed by atoms with Gasteiger partial charge in [0.1, 0.15) is 0 Å². The van der Waals surface area contributed by atoms with E-state index in [9.17, 15) is 18.0 Å². The first kappa shape index (κ1) is 24.4. The summed E-state index contributed by atoms with van der Waals surface area (Å²) >= 11 is 0. The number of hydrogen-bond donors (Lipinski definition) is 0. The summed E-state index contributed by atoms with van der Waals surface area (Å²) < 4.78 is 46.1. The summed E-state index contributed by atoms with van der Waals surface area (Å²) in [6.45, 7) is 6.04. The molecule has 4 fully saturated rings. The zero-order chi connectivity index (χ0) is 24.6. The van der Waals surface area contributed by atoms with Crippen LogP contribution >= 0.6 is 0 Å². The quantitative estimate of drug-likeness (QED) is 0.643. The SMILES string of the molecule is N#Cc1ccc(N2CCC3(CC2)CN(C2CCOCC2)CC3C(=O)N2CCCC2)cc1C(F)(F)F. The zero-order valence-electron chi connectivity index (χ0n) is 20.0. The van der Waals surface area contributed by atoms with E-state index >= 15 is 0 Å². The second kappa shape index (κ2) is 9.62. The van der Waals surface area contributed by atoms with Crippen LogP contribution in [0.25, 0.3) is 0 Å². The molecule has 0 saturated carbocycles. The summed E-state index contributed by atoms with van der Waals surface area (Å²) in [5.41, 5.74) is -0.887. The smallest absolute Gasteiger partial charge is 0.381 e. The van der Waals surface area contributed by atoms with Gasteiger partial charge < -0.3 is 14.5 Å². The molecule has 1 unspecified atom stereocenters. The van der Waals surface area contributed by atoms with E-state index in [2.05, 4.69) is 4.90 Å². The van der Waals surface area contributed by atoms with Gasteiger partial charge in [0.2, 0.25) is 5.91 Å². The average Bonchev–Trinajstić information content (AvgIpc) is 3.53. The van der Waals surface area contributed by atoms with Crippen molar-refractivity contribution >= 4 is 11.6 Å². The van der Waals surface area contributed by atoms with E-state index in [4.69, 9.17) is 10.00 Å². The van der Waals surface area contributed by atoms with E-state index in [0.717, 1.165) is 84.0 Å². The summed E-state index contributed by atoms with van der Waals surface area (Å²) in [5, 5.41) is 9.11. The summed E-state index contributed by atoms with van der Waals surface area (Å²) in [5.74, 6) is 0.209. The van der Waals surface area contributed by atoms with Crippen molar-refractivity contribution in [1.82, 2.24) is 9.80 Å². The molecular formula is C26H33F3N4O2. The minimum Gasteiger partial charge on any atom is -0.381 e. The van der Waals surface area contributed by atoms with Gasteiger partial charge in [-0.1, -0.05) is 0 Å². The number of likely N-dealkylation sites (tertiary alicyclic amines) is 2. The number of rotatable bonds is 3. The molecule has 9 heteroatoms. The first-order valence-corrected chi connectivity index (χ1v) is 12.8. The summed E-state index contributed by atoms with van der Waals surface area (Å²) in [6, 6.07) is 6.08. The van der Waals surface area contributed by atoms with Gasteiger partial charge in [0, 0.05) is 64.2 Å². The van der Waals surface area contributed by atoms with Gasteiger partial charge in [-0.25, -0.2) is 0 Å². The number of piperidine rings is 1. The lowest BCUT2D eigenvalue weighted by molar-refractivity contribution is -0.138. The Hall–Kier alpha value is -2.31. The molecular weight excluding hydrogens is 457 g/mol. The molecule has 0 bridgehead atoms. The van der Waals surface area contributed by atoms with Crippen molar-refractivity contribution in [2.24, 2.45) is 11.3 Å². The molecule has 1 atom stereocenters. The fraction of sp³-hybridized carbons (Fsp3) is 0.692. The molecule has 1 aromatic rings. The molecule has 0 aromatic heterocycles. The van der Waals surface area contributed by atoms with E-state index in [1.165, 1.54) is 6.07 Å². The molecule has 4 aliphatic heterocycles. The van der Waals surface area contributed by atoms with Gasteiger partial charge in [-0.05, 0) is 62.1 Å². The number of nitrogens with zero attached hydrogens (tertiary/aromatic N) is 4. The van der Waals surface area contributed by atoms with E-state index in [1.807, 2.05) is 9.80 Å². The molecule has 0 aliphatic carbocycles. The Morgan fingerprint density at radius 3 is 2.40 bits per heavy atom. The van der Waals surface area contributed by atoms with Crippen LogP contribution in [-0.2, 0) is 15.7 Å². The number of ether oxygens (including phenoxy) is 1. The van der Waals surface area contributed by atoms with Crippen molar-refractivity contribution in [2.45, 2.75) is 50.7 Å². The predicted molar refractivity (Wildman–Crippen MR) is 125 cm³/mol. The Bertz CT molecular complexity index is 972. The number of hydrogen-bond acceptors (Lipinski definition) is 5. The minimum absolute atomic E-state index is 0.0581. The van der Waals surface area contributed by atoms with Gasteiger partial charge in [0.25, 0.3) is 0 Å². The van der Waals surface area contributed by atoms with E-state index in [0.29, 0.717) is 24.8 Å². The van der Waals surface area contributed by atoms with Crippen LogP contribution < -0.4 is 4.90 Å². The van der Waals surface area contributed by atoms with Crippen LogP contribution in [0, 0.1) is 22.7 Å². The van der Waals surface area contributed by atoms with E-state index in [1.54, 1.807) is 12.1 Å². The Kier molecular flexibility index (Phi) is 6.71. The number of benzene rings is 1. The molecule has 1 aromatic carbocycles. The molecule has 5 rings (SSSR count). The van der Waals surface area contributed by atoms with Crippen molar-refractivity contribution in [3.8, 4) is 6.07 Å². The van der Waals surface area contributed by atoms with Crippen LogP contribution in [0.3, 0.4) is 0 Å². The molecule has 4 aliphatic rings. The van der Waals surface area contributed by atoms with Crippen LogP contribution in [0.1, 0.15) is 49.7 Å². The lowest BCUT2D eigenvalue weighted by Crippen LogP contribution is -2.49. The van der Waals surface area contributed by atoms with E-state index < -0.39 is 11.7 Å². The Labute approximate surface area is 204 Å². The number of amides is 1. The maximum Gasteiger partial charge on any atom is 0.417 e. The van der Waals surface area contributed by atoms with Crippen LogP contribution in [-0.4, -0.2) is 74.2 Å². The van der Waals surface area contributed by atoms with Gasteiger partial charge in [0.15, 0.2) is 0 Å². The van der Waals surface area contributed by atoms with Crippen molar-refractivity contribution in [3.05, 3.63) is 29.3 Å². The third-order valence-corrected chi connectivity index (χ3v) is 8.65. The third-order valence-electron chi connectivity index (χ3n) is 8.65. The molecule has 1 spiro atoms. The largest absolute Gasteiger partial charge is 0.417 e. The Morgan fingerprint density at radius 1 is 1.09 bits per heavy atom. The predicted octanol–water partition coefficient (Wildman–Crippen LogP) is 3.90. The maximum atomic E-state index is 13.6. The highest BCUT2D eigenvalue weighted by Crippen LogP contribution is 2.48. The molecule has 0 radical (unpaired) electrons. The summed E-state index contributed by atoms with van der Waals surface area (Å²) in [6.07, 6.45) is 1.07. The van der Waals surface area contributed by atoms with E-state index in [-0.39, 0.29) is 22.8 Å². The van der Waals surface area contributed by atoms with Gasteiger partial charge in [-0.2, -0.15) is 18.4 Å². The lowest BCUT2D eigenvalue weighted by Gasteiger charge is -2.44. The second-order valence-corrected chi connectivity index (χ2v) is 10.5. The van der Waals surface area contributed by atoms with Crippen molar-refractivity contribution in [3.63, 3.8) is 0 Å². The van der Waals surface area contributed by atoms with Crippen LogP contribution in [0.2, 0.25) is 0 Å².